The molecule has 3 N–H and O–H groups in total. The smallest absolute Gasteiger partial charge is 0.0343 e. The second-order valence-electron chi connectivity index (χ2n) is 4.52. The molecule has 1 atom stereocenters. The van der Waals surface area contributed by atoms with E-state index in [4.69, 9.17) is 5.73 Å². The number of anilines is 2. The van der Waals surface area contributed by atoms with E-state index in [2.05, 4.69) is 19.2 Å². The Balaban J connectivity index is 2.23. The minimum Gasteiger partial charge on any atom is -0.399 e. The van der Waals surface area contributed by atoms with E-state index in [9.17, 15) is 0 Å². The first-order chi connectivity index (χ1) is 7.72. The van der Waals surface area contributed by atoms with Gasteiger partial charge in [0.15, 0.2) is 0 Å². The van der Waals surface area contributed by atoms with Crippen molar-refractivity contribution in [3.8, 4) is 0 Å². The van der Waals surface area contributed by atoms with Crippen molar-refractivity contribution < 1.29 is 0 Å². The molecule has 0 heterocycles. The molecule has 0 saturated carbocycles. The number of hydrogen-bond acceptors (Lipinski definition) is 2. The third-order valence-corrected chi connectivity index (χ3v) is 2.81. The van der Waals surface area contributed by atoms with E-state index in [0.717, 1.165) is 11.4 Å². The van der Waals surface area contributed by atoms with Crippen LogP contribution in [0.2, 0.25) is 0 Å². The van der Waals surface area contributed by atoms with Gasteiger partial charge >= 0.3 is 0 Å². The first-order valence-electron chi connectivity index (χ1n) is 6.34. The number of nitrogens with one attached hydrogen (secondary N) is 1. The molecule has 0 fully saturated rings. The summed E-state index contributed by atoms with van der Waals surface area (Å²) in [7, 11) is 0. The maximum absolute atomic E-state index is 5.64. The third-order valence-electron chi connectivity index (χ3n) is 2.81. The standard InChI is InChI=1S/C14H24N2/c1-3-4-5-6-7-12(2)16-14-10-8-13(15)9-11-14/h8-12,16H,3-7,15H2,1-2H3/t12-/m0/s1. The number of unbranched alkanes of at least 4 members (excludes halogenated alkanes) is 3. The molecule has 1 aromatic carbocycles. The minimum absolute atomic E-state index is 0.542. The van der Waals surface area contributed by atoms with Crippen LogP contribution in [0, 0.1) is 0 Å². The van der Waals surface area contributed by atoms with Gasteiger partial charge in [-0.05, 0) is 37.6 Å². The molecule has 0 aliphatic rings. The average molecular weight is 220 g/mol. The second-order valence-corrected chi connectivity index (χ2v) is 4.52. The summed E-state index contributed by atoms with van der Waals surface area (Å²) in [6, 6.07) is 8.49. The molecule has 0 amide bonds. The average Bonchev–Trinajstić information content (AvgIpc) is 2.28. The predicted octanol–water partition coefficient (Wildman–Crippen LogP) is 4.04. The Morgan fingerprint density at radius 2 is 1.81 bits per heavy atom. The topological polar surface area (TPSA) is 38.0 Å². The summed E-state index contributed by atoms with van der Waals surface area (Å²) in [6.07, 6.45) is 6.57. The van der Waals surface area contributed by atoms with Crippen LogP contribution in [-0.4, -0.2) is 6.04 Å². The Hall–Kier alpha value is -1.18. The highest BCUT2D eigenvalue weighted by atomic mass is 14.9. The number of nitrogen functional groups attached to an aromatic ring is 1. The number of rotatable bonds is 7. The van der Waals surface area contributed by atoms with Gasteiger partial charge in [-0.15, -0.1) is 0 Å². The van der Waals surface area contributed by atoms with Crippen LogP contribution in [0.5, 0.6) is 0 Å². The fraction of sp³-hybridized carbons (Fsp3) is 0.571. The minimum atomic E-state index is 0.542. The zero-order chi connectivity index (χ0) is 11.8. The lowest BCUT2D eigenvalue weighted by Gasteiger charge is -2.15. The fourth-order valence-corrected chi connectivity index (χ4v) is 1.81. The monoisotopic (exact) mass is 220 g/mol. The van der Waals surface area contributed by atoms with Crippen LogP contribution in [0.3, 0.4) is 0 Å². The molecule has 90 valence electrons. The Bertz CT molecular complexity index is 279. The van der Waals surface area contributed by atoms with Crippen molar-refractivity contribution in [3.63, 3.8) is 0 Å². The molecule has 0 unspecified atom stereocenters. The van der Waals surface area contributed by atoms with Gasteiger partial charge in [0.25, 0.3) is 0 Å². The highest BCUT2D eigenvalue weighted by molar-refractivity contribution is 5.51. The van der Waals surface area contributed by atoms with Gasteiger partial charge in [0, 0.05) is 17.4 Å². The van der Waals surface area contributed by atoms with Crippen molar-refractivity contribution in [2.75, 3.05) is 11.1 Å². The third kappa shape index (κ3) is 5.06. The summed E-state index contributed by atoms with van der Waals surface area (Å²) in [4.78, 5) is 0. The van der Waals surface area contributed by atoms with Crippen LogP contribution in [0.25, 0.3) is 0 Å². The van der Waals surface area contributed by atoms with Gasteiger partial charge in [0.2, 0.25) is 0 Å². The van der Waals surface area contributed by atoms with E-state index in [-0.39, 0.29) is 0 Å². The molecule has 0 aliphatic carbocycles. The van der Waals surface area contributed by atoms with Gasteiger partial charge in [-0.25, -0.2) is 0 Å². The van der Waals surface area contributed by atoms with Crippen molar-refractivity contribution >= 4 is 11.4 Å². The largest absolute Gasteiger partial charge is 0.399 e. The van der Waals surface area contributed by atoms with Crippen LogP contribution in [0.4, 0.5) is 11.4 Å². The Morgan fingerprint density at radius 1 is 1.12 bits per heavy atom. The molecule has 0 aliphatic heterocycles. The van der Waals surface area contributed by atoms with Gasteiger partial charge < -0.3 is 11.1 Å². The van der Waals surface area contributed by atoms with Crippen LogP contribution in [0.15, 0.2) is 24.3 Å². The Morgan fingerprint density at radius 3 is 2.44 bits per heavy atom. The zero-order valence-electron chi connectivity index (χ0n) is 10.5. The first kappa shape index (κ1) is 12.9. The van der Waals surface area contributed by atoms with Gasteiger partial charge in [0.1, 0.15) is 0 Å². The van der Waals surface area contributed by atoms with Crippen LogP contribution in [-0.2, 0) is 0 Å². The van der Waals surface area contributed by atoms with Gasteiger partial charge in [0.05, 0.1) is 0 Å². The van der Waals surface area contributed by atoms with Crippen LogP contribution < -0.4 is 11.1 Å². The quantitative estimate of drug-likeness (QED) is 0.537. The highest BCUT2D eigenvalue weighted by Gasteiger charge is 2.01. The summed E-state index contributed by atoms with van der Waals surface area (Å²) in [5, 5.41) is 3.49. The Kier molecular flexibility index (Phi) is 5.76. The normalized spacial score (nSPS) is 12.4. The molecule has 2 heteroatoms. The van der Waals surface area contributed by atoms with Crippen molar-refractivity contribution in [1.82, 2.24) is 0 Å². The lowest BCUT2D eigenvalue weighted by atomic mass is 10.1. The molecule has 0 aromatic heterocycles. The number of benzene rings is 1. The molecule has 0 bridgehead atoms. The summed E-state index contributed by atoms with van der Waals surface area (Å²) in [6.45, 7) is 4.48. The van der Waals surface area contributed by atoms with Gasteiger partial charge in [-0.2, -0.15) is 0 Å². The number of nitrogens with two attached hydrogens (primary N) is 1. The molecule has 0 saturated heterocycles. The summed E-state index contributed by atoms with van der Waals surface area (Å²) in [5.74, 6) is 0. The lowest BCUT2D eigenvalue weighted by molar-refractivity contribution is 0.594. The van der Waals surface area contributed by atoms with E-state index in [1.807, 2.05) is 24.3 Å². The van der Waals surface area contributed by atoms with E-state index in [1.165, 1.54) is 32.1 Å². The van der Waals surface area contributed by atoms with Crippen LogP contribution in [0.1, 0.15) is 46.0 Å². The van der Waals surface area contributed by atoms with Gasteiger partial charge in [-0.1, -0.05) is 32.6 Å². The molecular weight excluding hydrogens is 196 g/mol. The van der Waals surface area contributed by atoms with Crippen molar-refractivity contribution in [2.45, 2.75) is 52.0 Å². The van der Waals surface area contributed by atoms with Gasteiger partial charge in [-0.3, -0.25) is 0 Å². The molecule has 16 heavy (non-hydrogen) atoms. The summed E-state index contributed by atoms with van der Waals surface area (Å²) in [5.41, 5.74) is 7.63. The molecular formula is C14H24N2. The molecule has 1 rings (SSSR count). The van der Waals surface area contributed by atoms with E-state index >= 15 is 0 Å². The number of hydrogen-bond donors (Lipinski definition) is 2. The summed E-state index contributed by atoms with van der Waals surface area (Å²) < 4.78 is 0. The fourth-order valence-electron chi connectivity index (χ4n) is 1.81. The molecule has 0 spiro atoms. The highest BCUT2D eigenvalue weighted by Crippen LogP contribution is 2.14. The van der Waals surface area contributed by atoms with Crippen molar-refractivity contribution in [3.05, 3.63) is 24.3 Å². The second kappa shape index (κ2) is 7.15. The Labute approximate surface area is 99.2 Å². The zero-order valence-corrected chi connectivity index (χ0v) is 10.5. The van der Waals surface area contributed by atoms with E-state index < -0.39 is 0 Å². The SMILES string of the molecule is CCCCCC[C@H](C)Nc1ccc(N)cc1. The maximum Gasteiger partial charge on any atom is 0.0343 e. The lowest BCUT2D eigenvalue weighted by Crippen LogP contribution is -2.14. The van der Waals surface area contributed by atoms with E-state index in [0.29, 0.717) is 6.04 Å². The summed E-state index contributed by atoms with van der Waals surface area (Å²) >= 11 is 0. The van der Waals surface area contributed by atoms with Crippen molar-refractivity contribution in [2.24, 2.45) is 0 Å². The molecule has 1 aromatic rings. The van der Waals surface area contributed by atoms with E-state index in [1.54, 1.807) is 0 Å². The molecule has 0 radical (unpaired) electrons. The predicted molar refractivity (Wildman–Crippen MR) is 72.7 cm³/mol. The molecule has 2 nitrogen and oxygen atoms in total. The maximum atomic E-state index is 5.64. The van der Waals surface area contributed by atoms with Crippen molar-refractivity contribution in [1.29, 1.82) is 0 Å². The first-order valence-corrected chi connectivity index (χ1v) is 6.34. The van der Waals surface area contributed by atoms with Crippen LogP contribution >= 0.6 is 0 Å².